The smallest absolute Gasteiger partial charge is 0.272 e. The molecule has 0 atom stereocenters. The zero-order valence-corrected chi connectivity index (χ0v) is 14.2. The number of rotatable bonds is 7. The first-order valence-corrected chi connectivity index (χ1v) is 7.70. The molecule has 3 N–H and O–H groups in total. The van der Waals surface area contributed by atoms with Crippen molar-refractivity contribution in [2.45, 2.75) is 46.5 Å². The van der Waals surface area contributed by atoms with Crippen LogP contribution in [0.25, 0.3) is 0 Å². The minimum atomic E-state index is -0.179. The molecule has 1 rings (SSSR count). The van der Waals surface area contributed by atoms with Crippen molar-refractivity contribution >= 4 is 21.8 Å². The van der Waals surface area contributed by atoms with Crippen molar-refractivity contribution in [2.75, 3.05) is 13.2 Å². The molecule has 1 aromatic rings. The summed E-state index contributed by atoms with van der Waals surface area (Å²) < 4.78 is 0.737. The molecular formula is C14H24BrN3O2. The van der Waals surface area contributed by atoms with Crippen LogP contribution in [0.4, 0.5) is 0 Å². The van der Waals surface area contributed by atoms with E-state index < -0.39 is 0 Å². The number of aromatic amines is 1. The number of carbonyl (C=O) groups is 1. The van der Waals surface area contributed by atoms with Gasteiger partial charge in [-0.05, 0) is 40.1 Å². The predicted octanol–water partition coefficient (Wildman–Crippen LogP) is 2.82. The first-order chi connectivity index (χ1) is 9.28. The number of hydrogen-bond donors (Lipinski definition) is 3. The Morgan fingerprint density at radius 3 is 2.65 bits per heavy atom. The number of aliphatic hydroxyl groups is 1. The van der Waals surface area contributed by atoms with E-state index in [0.717, 1.165) is 23.0 Å². The monoisotopic (exact) mass is 345 g/mol. The maximum atomic E-state index is 12.0. The van der Waals surface area contributed by atoms with E-state index in [1.165, 1.54) is 0 Å². The number of nitrogens with zero attached hydrogens (tertiary/aromatic N) is 1. The molecule has 0 aliphatic heterocycles. The molecule has 0 bridgehead atoms. The molecule has 0 aliphatic rings. The van der Waals surface area contributed by atoms with E-state index in [4.69, 9.17) is 5.11 Å². The minimum Gasteiger partial charge on any atom is -0.396 e. The lowest BCUT2D eigenvalue weighted by Gasteiger charge is -2.21. The molecule has 0 unspecified atom stereocenters. The molecular weight excluding hydrogens is 322 g/mol. The second-order valence-electron chi connectivity index (χ2n) is 6.14. The Morgan fingerprint density at radius 2 is 2.15 bits per heavy atom. The fraction of sp³-hybridized carbons (Fsp3) is 0.714. The predicted molar refractivity (Wildman–Crippen MR) is 82.8 cm³/mol. The van der Waals surface area contributed by atoms with Gasteiger partial charge in [0.25, 0.3) is 5.91 Å². The van der Waals surface area contributed by atoms with Crippen LogP contribution in [0.3, 0.4) is 0 Å². The van der Waals surface area contributed by atoms with Crippen molar-refractivity contribution in [3.8, 4) is 0 Å². The highest BCUT2D eigenvalue weighted by atomic mass is 79.9. The molecule has 6 heteroatoms. The van der Waals surface area contributed by atoms with Crippen LogP contribution in [0.15, 0.2) is 4.47 Å². The molecule has 0 aliphatic carbocycles. The van der Waals surface area contributed by atoms with Crippen LogP contribution >= 0.6 is 15.9 Å². The van der Waals surface area contributed by atoms with Crippen LogP contribution in [0.1, 0.15) is 62.6 Å². The second-order valence-corrected chi connectivity index (χ2v) is 6.93. The van der Waals surface area contributed by atoms with E-state index in [1.54, 1.807) is 0 Å². The van der Waals surface area contributed by atoms with Crippen molar-refractivity contribution in [3.63, 3.8) is 0 Å². The molecule has 0 fully saturated rings. The Bertz CT molecular complexity index is 455. The molecule has 0 radical (unpaired) electrons. The molecule has 0 aromatic carbocycles. The van der Waals surface area contributed by atoms with Crippen LogP contribution in [-0.4, -0.2) is 34.4 Å². The summed E-state index contributed by atoms with van der Waals surface area (Å²) in [4.78, 5) is 12.0. The summed E-state index contributed by atoms with van der Waals surface area (Å²) in [6, 6.07) is 0. The van der Waals surface area contributed by atoms with Crippen molar-refractivity contribution in [1.82, 2.24) is 15.5 Å². The fourth-order valence-corrected chi connectivity index (χ4v) is 2.62. The van der Waals surface area contributed by atoms with E-state index in [0.29, 0.717) is 12.2 Å². The molecule has 0 spiro atoms. The summed E-state index contributed by atoms with van der Waals surface area (Å²) in [5.41, 5.74) is 1.23. The summed E-state index contributed by atoms with van der Waals surface area (Å²) >= 11 is 3.42. The zero-order chi connectivity index (χ0) is 15.3. The minimum absolute atomic E-state index is 0.0948. The normalized spacial score (nSPS) is 11.9. The van der Waals surface area contributed by atoms with E-state index in [2.05, 4.69) is 31.4 Å². The van der Waals surface area contributed by atoms with E-state index in [1.807, 2.05) is 27.7 Å². The summed E-state index contributed by atoms with van der Waals surface area (Å²) in [5.74, 6) is 0.102. The van der Waals surface area contributed by atoms with Gasteiger partial charge in [0.2, 0.25) is 0 Å². The van der Waals surface area contributed by atoms with Gasteiger partial charge in [-0.2, -0.15) is 5.10 Å². The molecule has 1 aromatic heterocycles. The number of nitrogens with one attached hydrogen (secondary N) is 2. The van der Waals surface area contributed by atoms with Gasteiger partial charge >= 0.3 is 0 Å². The van der Waals surface area contributed by atoms with Crippen LogP contribution in [-0.2, 0) is 0 Å². The summed E-state index contributed by atoms with van der Waals surface area (Å²) in [5, 5.41) is 19.0. The van der Waals surface area contributed by atoms with Gasteiger partial charge in [0.1, 0.15) is 0 Å². The van der Waals surface area contributed by atoms with Gasteiger partial charge in [-0.3, -0.25) is 9.89 Å². The average Bonchev–Trinajstić information content (AvgIpc) is 2.76. The molecule has 0 saturated carbocycles. The van der Waals surface area contributed by atoms with Crippen molar-refractivity contribution < 1.29 is 9.90 Å². The molecule has 0 saturated heterocycles. The number of carbonyl (C=O) groups excluding carboxylic acids is 1. The van der Waals surface area contributed by atoms with Gasteiger partial charge < -0.3 is 10.4 Å². The van der Waals surface area contributed by atoms with Gasteiger partial charge in [-0.25, -0.2) is 0 Å². The first kappa shape index (κ1) is 17.2. The lowest BCUT2D eigenvalue weighted by Crippen LogP contribution is -2.27. The van der Waals surface area contributed by atoms with Crippen molar-refractivity contribution in [1.29, 1.82) is 0 Å². The zero-order valence-electron chi connectivity index (χ0n) is 12.6. The maximum absolute atomic E-state index is 12.0. The third kappa shape index (κ3) is 4.59. The summed E-state index contributed by atoms with van der Waals surface area (Å²) in [6.45, 7) is 8.83. The third-order valence-corrected chi connectivity index (χ3v) is 4.07. The Kier molecular flexibility index (Phi) is 6.20. The van der Waals surface area contributed by atoms with Crippen LogP contribution in [0.5, 0.6) is 0 Å². The highest BCUT2D eigenvalue weighted by molar-refractivity contribution is 9.10. The number of aromatic nitrogens is 2. The Labute approximate surface area is 128 Å². The summed E-state index contributed by atoms with van der Waals surface area (Å²) in [6.07, 6.45) is 1.70. The lowest BCUT2D eigenvalue weighted by molar-refractivity contribution is 0.0943. The first-order valence-electron chi connectivity index (χ1n) is 6.91. The second kappa shape index (κ2) is 7.22. The van der Waals surface area contributed by atoms with Crippen LogP contribution < -0.4 is 5.32 Å². The van der Waals surface area contributed by atoms with Crippen LogP contribution in [0, 0.1) is 5.41 Å². The molecule has 20 heavy (non-hydrogen) atoms. The van der Waals surface area contributed by atoms with E-state index >= 15 is 0 Å². The maximum Gasteiger partial charge on any atom is 0.272 e. The molecule has 1 heterocycles. The Balaban J connectivity index is 2.48. The quantitative estimate of drug-likeness (QED) is 0.665. The Hall–Kier alpha value is -0.880. The average molecular weight is 346 g/mol. The van der Waals surface area contributed by atoms with Gasteiger partial charge in [0.15, 0.2) is 5.69 Å². The van der Waals surface area contributed by atoms with Crippen molar-refractivity contribution in [2.24, 2.45) is 5.41 Å². The number of aliphatic hydroxyl groups excluding tert-OH is 1. The number of amides is 1. The van der Waals surface area contributed by atoms with Gasteiger partial charge in [-0.15, -0.1) is 0 Å². The standard InChI is InChI=1S/C14H24BrN3O2/c1-9(2)11-10(15)12(18-17-11)13(20)16-7-5-6-14(3,4)8-19/h9,19H,5-8H2,1-4H3,(H,16,20)(H,17,18). The molecule has 1 amide bonds. The topological polar surface area (TPSA) is 78.0 Å². The molecule has 114 valence electrons. The fourth-order valence-electron chi connectivity index (χ4n) is 1.81. The van der Waals surface area contributed by atoms with Gasteiger partial charge in [0.05, 0.1) is 10.2 Å². The highest BCUT2D eigenvalue weighted by Crippen LogP contribution is 2.25. The third-order valence-electron chi connectivity index (χ3n) is 3.27. The number of halogens is 1. The van der Waals surface area contributed by atoms with Crippen LogP contribution in [0.2, 0.25) is 0 Å². The molecule has 5 nitrogen and oxygen atoms in total. The Morgan fingerprint density at radius 1 is 1.50 bits per heavy atom. The number of hydrogen-bond acceptors (Lipinski definition) is 3. The highest BCUT2D eigenvalue weighted by Gasteiger charge is 2.19. The largest absolute Gasteiger partial charge is 0.396 e. The number of H-pyrrole nitrogens is 1. The summed E-state index contributed by atoms with van der Waals surface area (Å²) in [7, 11) is 0. The SMILES string of the molecule is CC(C)c1[nH]nc(C(=O)NCCCC(C)(C)CO)c1Br. The van der Waals surface area contributed by atoms with E-state index in [-0.39, 0.29) is 23.8 Å². The van der Waals surface area contributed by atoms with Gasteiger partial charge in [0, 0.05) is 13.2 Å². The lowest BCUT2D eigenvalue weighted by atomic mass is 9.89. The van der Waals surface area contributed by atoms with Gasteiger partial charge in [-0.1, -0.05) is 27.7 Å². The van der Waals surface area contributed by atoms with Crippen molar-refractivity contribution in [3.05, 3.63) is 15.9 Å². The van der Waals surface area contributed by atoms with E-state index in [9.17, 15) is 4.79 Å².